The standard InChI is InChI=1S/C17H21BrN2O3/c18-14-4-1-13-10-20(8-7-12(13)9-14)17(23)19-15-5-2-11(3-6-15)16(21)22/h1,4,9,11,15H,2-3,5-8,10H2,(H,19,23)(H,21,22). The molecule has 0 unspecified atom stereocenters. The first kappa shape index (κ1) is 16.3. The van der Waals surface area contributed by atoms with Crippen LogP contribution in [0.1, 0.15) is 36.8 Å². The van der Waals surface area contributed by atoms with E-state index in [4.69, 9.17) is 5.11 Å². The first-order valence-electron chi connectivity index (χ1n) is 8.08. The highest BCUT2D eigenvalue weighted by atomic mass is 79.9. The zero-order valence-electron chi connectivity index (χ0n) is 12.9. The van der Waals surface area contributed by atoms with Crippen LogP contribution in [0, 0.1) is 5.92 Å². The minimum absolute atomic E-state index is 0.0302. The van der Waals surface area contributed by atoms with Crippen LogP contribution in [0.25, 0.3) is 0 Å². The Balaban J connectivity index is 1.54. The van der Waals surface area contributed by atoms with Crippen molar-refractivity contribution in [3.05, 3.63) is 33.8 Å². The molecule has 1 aliphatic carbocycles. The Morgan fingerprint density at radius 2 is 1.91 bits per heavy atom. The van der Waals surface area contributed by atoms with Crippen molar-refractivity contribution in [3.63, 3.8) is 0 Å². The van der Waals surface area contributed by atoms with Crippen molar-refractivity contribution in [3.8, 4) is 0 Å². The molecule has 1 aromatic rings. The summed E-state index contributed by atoms with van der Waals surface area (Å²) in [6.45, 7) is 1.36. The summed E-state index contributed by atoms with van der Waals surface area (Å²) in [5, 5.41) is 12.1. The van der Waals surface area contributed by atoms with Crippen molar-refractivity contribution >= 4 is 27.9 Å². The van der Waals surface area contributed by atoms with Gasteiger partial charge in [0.05, 0.1) is 5.92 Å². The van der Waals surface area contributed by atoms with Crippen LogP contribution in [-0.4, -0.2) is 34.6 Å². The van der Waals surface area contributed by atoms with Gasteiger partial charge >= 0.3 is 12.0 Å². The Bertz CT molecular complexity index is 612. The zero-order valence-corrected chi connectivity index (χ0v) is 14.5. The molecule has 2 aliphatic rings. The molecule has 1 fully saturated rings. The second-order valence-corrected chi connectivity index (χ2v) is 7.34. The van der Waals surface area contributed by atoms with Gasteiger partial charge in [-0.05, 0) is 55.4 Å². The monoisotopic (exact) mass is 380 g/mol. The summed E-state index contributed by atoms with van der Waals surface area (Å²) in [6.07, 6.45) is 3.67. The fraction of sp³-hybridized carbons (Fsp3) is 0.529. The first-order valence-corrected chi connectivity index (χ1v) is 8.88. The highest BCUT2D eigenvalue weighted by Gasteiger charge is 2.28. The molecule has 1 heterocycles. The quantitative estimate of drug-likeness (QED) is 0.827. The van der Waals surface area contributed by atoms with E-state index in [1.807, 2.05) is 11.0 Å². The Hall–Kier alpha value is -1.56. The predicted octanol–water partition coefficient (Wildman–Crippen LogP) is 3.16. The molecule has 2 N–H and O–H groups in total. The Kier molecular flexibility index (Phi) is 4.90. The molecule has 0 spiro atoms. The average Bonchev–Trinajstić information content (AvgIpc) is 2.54. The molecule has 3 rings (SSSR count). The lowest BCUT2D eigenvalue weighted by Gasteiger charge is -2.32. The minimum Gasteiger partial charge on any atom is -0.481 e. The Morgan fingerprint density at radius 3 is 2.61 bits per heavy atom. The number of rotatable bonds is 2. The number of aliphatic carboxylic acids is 1. The number of carbonyl (C=O) groups excluding carboxylic acids is 1. The number of urea groups is 1. The van der Waals surface area contributed by atoms with Crippen molar-refractivity contribution in [1.82, 2.24) is 10.2 Å². The summed E-state index contributed by atoms with van der Waals surface area (Å²) in [4.78, 5) is 25.3. The maximum atomic E-state index is 12.4. The summed E-state index contributed by atoms with van der Waals surface area (Å²) in [5.74, 6) is -0.961. The lowest BCUT2D eigenvalue weighted by atomic mass is 9.86. The van der Waals surface area contributed by atoms with Crippen molar-refractivity contribution in [2.45, 2.75) is 44.7 Å². The van der Waals surface area contributed by atoms with E-state index < -0.39 is 5.97 Å². The molecular weight excluding hydrogens is 360 g/mol. The largest absolute Gasteiger partial charge is 0.481 e. The molecule has 2 amide bonds. The molecule has 1 aliphatic heterocycles. The van der Waals surface area contributed by atoms with Gasteiger partial charge < -0.3 is 15.3 Å². The number of nitrogens with zero attached hydrogens (tertiary/aromatic N) is 1. The van der Waals surface area contributed by atoms with Gasteiger partial charge in [-0.1, -0.05) is 22.0 Å². The maximum Gasteiger partial charge on any atom is 0.317 e. The molecule has 0 atom stereocenters. The minimum atomic E-state index is -0.714. The topological polar surface area (TPSA) is 69.6 Å². The lowest BCUT2D eigenvalue weighted by molar-refractivity contribution is -0.142. The van der Waals surface area contributed by atoms with E-state index in [-0.39, 0.29) is 18.0 Å². The molecule has 124 valence electrons. The highest BCUT2D eigenvalue weighted by Crippen LogP contribution is 2.26. The second-order valence-electron chi connectivity index (χ2n) is 6.42. The van der Waals surface area contributed by atoms with Gasteiger partial charge in [-0.25, -0.2) is 4.79 Å². The van der Waals surface area contributed by atoms with Crippen LogP contribution >= 0.6 is 15.9 Å². The molecule has 0 bridgehead atoms. The Labute approximate surface area is 144 Å². The number of hydrogen-bond donors (Lipinski definition) is 2. The lowest BCUT2D eigenvalue weighted by Crippen LogP contribution is -2.47. The number of fused-ring (bicyclic) bond motifs is 1. The van der Waals surface area contributed by atoms with E-state index in [0.29, 0.717) is 19.4 Å². The average molecular weight is 381 g/mol. The Morgan fingerprint density at radius 1 is 1.17 bits per heavy atom. The normalized spacial score (nSPS) is 24.0. The number of hydrogen-bond acceptors (Lipinski definition) is 2. The number of amides is 2. The third kappa shape index (κ3) is 3.86. The van der Waals surface area contributed by atoms with Crippen LogP contribution in [0.2, 0.25) is 0 Å². The van der Waals surface area contributed by atoms with E-state index in [0.717, 1.165) is 30.3 Å². The molecule has 23 heavy (non-hydrogen) atoms. The smallest absolute Gasteiger partial charge is 0.317 e. The molecule has 5 nitrogen and oxygen atoms in total. The van der Waals surface area contributed by atoms with Gasteiger partial charge in [0, 0.05) is 23.6 Å². The predicted molar refractivity (Wildman–Crippen MR) is 90.2 cm³/mol. The highest BCUT2D eigenvalue weighted by molar-refractivity contribution is 9.10. The van der Waals surface area contributed by atoms with E-state index in [1.54, 1.807) is 0 Å². The number of nitrogens with one attached hydrogen (secondary N) is 1. The summed E-state index contributed by atoms with van der Waals surface area (Å²) < 4.78 is 1.07. The van der Waals surface area contributed by atoms with E-state index >= 15 is 0 Å². The second kappa shape index (κ2) is 6.91. The van der Waals surface area contributed by atoms with Gasteiger partial charge in [0.25, 0.3) is 0 Å². The van der Waals surface area contributed by atoms with E-state index in [9.17, 15) is 9.59 Å². The molecule has 1 aromatic carbocycles. The summed E-state index contributed by atoms with van der Waals surface area (Å²) >= 11 is 3.48. The van der Waals surface area contributed by atoms with Crippen molar-refractivity contribution in [2.75, 3.05) is 6.54 Å². The van der Waals surface area contributed by atoms with Crippen LogP contribution < -0.4 is 5.32 Å². The van der Waals surface area contributed by atoms with E-state index in [1.165, 1.54) is 11.1 Å². The number of carboxylic acid groups (broad SMARTS) is 1. The van der Waals surface area contributed by atoms with Crippen LogP contribution in [0.5, 0.6) is 0 Å². The molecule has 0 saturated heterocycles. The zero-order chi connectivity index (χ0) is 16.4. The van der Waals surface area contributed by atoms with Gasteiger partial charge in [0.1, 0.15) is 0 Å². The van der Waals surface area contributed by atoms with Crippen molar-refractivity contribution in [1.29, 1.82) is 0 Å². The molecular formula is C17H21BrN2O3. The first-order chi connectivity index (χ1) is 11.0. The SMILES string of the molecule is O=C(O)C1CCC(NC(=O)N2CCc3cc(Br)ccc3C2)CC1. The van der Waals surface area contributed by atoms with Crippen LogP contribution in [0.15, 0.2) is 22.7 Å². The van der Waals surface area contributed by atoms with Crippen molar-refractivity contribution in [2.24, 2.45) is 5.92 Å². The molecule has 1 saturated carbocycles. The molecule has 0 radical (unpaired) electrons. The third-order valence-electron chi connectivity index (χ3n) is 4.87. The number of carbonyl (C=O) groups is 2. The fourth-order valence-corrected chi connectivity index (χ4v) is 3.85. The van der Waals surface area contributed by atoms with Gasteiger partial charge in [0.15, 0.2) is 0 Å². The number of benzene rings is 1. The summed E-state index contributed by atoms with van der Waals surface area (Å²) in [7, 11) is 0. The van der Waals surface area contributed by atoms with Crippen molar-refractivity contribution < 1.29 is 14.7 Å². The van der Waals surface area contributed by atoms with Gasteiger partial charge in [0.2, 0.25) is 0 Å². The van der Waals surface area contributed by atoms with Crippen LogP contribution in [-0.2, 0) is 17.8 Å². The number of carboxylic acids is 1. The molecule has 6 heteroatoms. The summed E-state index contributed by atoms with van der Waals surface area (Å²) in [6, 6.07) is 6.27. The number of halogens is 1. The summed E-state index contributed by atoms with van der Waals surface area (Å²) in [5.41, 5.74) is 2.49. The van der Waals surface area contributed by atoms with Crippen LogP contribution in [0.3, 0.4) is 0 Å². The van der Waals surface area contributed by atoms with Crippen LogP contribution in [0.4, 0.5) is 4.79 Å². The third-order valence-corrected chi connectivity index (χ3v) is 5.37. The van der Waals surface area contributed by atoms with E-state index in [2.05, 4.69) is 33.4 Å². The van der Waals surface area contributed by atoms with Gasteiger partial charge in [-0.15, -0.1) is 0 Å². The maximum absolute atomic E-state index is 12.4. The van der Waals surface area contributed by atoms with Gasteiger partial charge in [-0.3, -0.25) is 4.79 Å². The fourth-order valence-electron chi connectivity index (χ4n) is 3.45. The van der Waals surface area contributed by atoms with Gasteiger partial charge in [-0.2, -0.15) is 0 Å². The molecule has 0 aromatic heterocycles.